The Balaban J connectivity index is 1.80. The molecule has 0 bridgehead atoms. The van der Waals surface area contributed by atoms with Crippen molar-refractivity contribution >= 4 is 0 Å². The van der Waals surface area contributed by atoms with Crippen LogP contribution in [-0.2, 0) is 5.54 Å². The first kappa shape index (κ1) is 13.7. The second-order valence-electron chi connectivity index (χ2n) is 6.64. The van der Waals surface area contributed by atoms with Crippen molar-refractivity contribution in [1.29, 1.82) is 0 Å². The molecule has 0 unspecified atom stereocenters. The monoisotopic (exact) mass is 275 g/mol. The van der Waals surface area contributed by atoms with Crippen LogP contribution < -0.4 is 15.2 Å². The number of hydrogen-bond donors (Lipinski definition) is 1. The third kappa shape index (κ3) is 2.18. The van der Waals surface area contributed by atoms with Crippen molar-refractivity contribution in [3.05, 3.63) is 23.8 Å². The molecule has 1 spiro atoms. The van der Waals surface area contributed by atoms with E-state index in [-0.39, 0.29) is 5.54 Å². The third-order valence-electron chi connectivity index (χ3n) is 5.25. The molecule has 1 aromatic carbocycles. The fourth-order valence-corrected chi connectivity index (χ4v) is 4.29. The number of methoxy groups -OCH3 is 2. The number of nitrogens with two attached hydrogens (primary N) is 1. The van der Waals surface area contributed by atoms with Crippen molar-refractivity contribution < 1.29 is 9.47 Å². The first-order valence-corrected chi connectivity index (χ1v) is 7.62. The lowest BCUT2D eigenvalue weighted by atomic mass is 9.51. The maximum Gasteiger partial charge on any atom is 0.161 e. The van der Waals surface area contributed by atoms with Gasteiger partial charge >= 0.3 is 0 Å². The van der Waals surface area contributed by atoms with E-state index < -0.39 is 0 Å². The van der Waals surface area contributed by atoms with Gasteiger partial charge < -0.3 is 15.2 Å². The largest absolute Gasteiger partial charge is 0.493 e. The highest BCUT2D eigenvalue weighted by Gasteiger charge is 2.53. The van der Waals surface area contributed by atoms with Gasteiger partial charge in [-0.15, -0.1) is 0 Å². The number of benzene rings is 1. The van der Waals surface area contributed by atoms with Gasteiger partial charge in [0.25, 0.3) is 0 Å². The standard InChI is InChI=1S/C17H25NO2/c1-19-14-7-6-13(10-15(14)20-2)17(18)11-16(12-17)8-4-3-5-9-16/h6-7,10H,3-5,8-9,11-12,18H2,1-2H3. The van der Waals surface area contributed by atoms with Crippen LogP contribution in [0.5, 0.6) is 11.5 Å². The van der Waals surface area contributed by atoms with E-state index in [1.54, 1.807) is 14.2 Å². The van der Waals surface area contributed by atoms with E-state index in [0.717, 1.165) is 24.3 Å². The Morgan fingerprint density at radius 3 is 2.20 bits per heavy atom. The molecule has 0 amide bonds. The molecule has 1 aromatic rings. The minimum atomic E-state index is -0.170. The molecular weight excluding hydrogens is 250 g/mol. The molecule has 110 valence electrons. The van der Waals surface area contributed by atoms with E-state index in [1.807, 2.05) is 6.07 Å². The predicted molar refractivity (Wildman–Crippen MR) is 80.2 cm³/mol. The first-order valence-electron chi connectivity index (χ1n) is 7.62. The molecule has 2 fully saturated rings. The second kappa shape index (κ2) is 4.96. The highest BCUT2D eigenvalue weighted by atomic mass is 16.5. The summed E-state index contributed by atoms with van der Waals surface area (Å²) in [4.78, 5) is 0. The van der Waals surface area contributed by atoms with Gasteiger partial charge in [0.05, 0.1) is 14.2 Å². The van der Waals surface area contributed by atoms with Crippen LogP contribution in [0.4, 0.5) is 0 Å². The minimum absolute atomic E-state index is 0.170. The van der Waals surface area contributed by atoms with E-state index in [2.05, 4.69) is 12.1 Å². The molecule has 3 rings (SSSR count). The number of rotatable bonds is 3. The van der Waals surface area contributed by atoms with Gasteiger partial charge in [-0.05, 0) is 48.8 Å². The molecule has 0 aromatic heterocycles. The fraction of sp³-hybridized carbons (Fsp3) is 0.647. The fourth-order valence-electron chi connectivity index (χ4n) is 4.29. The molecule has 3 heteroatoms. The van der Waals surface area contributed by atoms with Crippen LogP contribution in [0.25, 0.3) is 0 Å². The molecule has 0 atom stereocenters. The molecule has 2 aliphatic carbocycles. The Kier molecular flexibility index (Phi) is 3.41. The van der Waals surface area contributed by atoms with E-state index in [1.165, 1.54) is 37.7 Å². The van der Waals surface area contributed by atoms with Crippen LogP contribution in [-0.4, -0.2) is 14.2 Å². The molecule has 2 aliphatic rings. The van der Waals surface area contributed by atoms with Gasteiger partial charge in [0.2, 0.25) is 0 Å². The Bertz CT molecular complexity index is 484. The molecule has 20 heavy (non-hydrogen) atoms. The van der Waals surface area contributed by atoms with E-state index >= 15 is 0 Å². The van der Waals surface area contributed by atoms with Gasteiger partial charge in [-0.3, -0.25) is 0 Å². The average molecular weight is 275 g/mol. The van der Waals surface area contributed by atoms with Crippen molar-refractivity contribution in [1.82, 2.24) is 0 Å². The van der Waals surface area contributed by atoms with Crippen LogP contribution in [0.1, 0.15) is 50.5 Å². The molecule has 0 radical (unpaired) electrons. The summed E-state index contributed by atoms with van der Waals surface area (Å²) in [6, 6.07) is 6.11. The van der Waals surface area contributed by atoms with Crippen LogP contribution in [0.15, 0.2) is 18.2 Å². The van der Waals surface area contributed by atoms with Crippen LogP contribution in [0.2, 0.25) is 0 Å². The molecular formula is C17H25NO2. The Morgan fingerprint density at radius 2 is 1.60 bits per heavy atom. The summed E-state index contributed by atoms with van der Waals surface area (Å²) >= 11 is 0. The van der Waals surface area contributed by atoms with Crippen molar-refractivity contribution in [2.75, 3.05) is 14.2 Å². The lowest BCUT2D eigenvalue weighted by Crippen LogP contribution is -2.56. The summed E-state index contributed by atoms with van der Waals surface area (Å²) in [7, 11) is 3.34. The second-order valence-corrected chi connectivity index (χ2v) is 6.64. The summed E-state index contributed by atoms with van der Waals surface area (Å²) in [6.45, 7) is 0. The Hall–Kier alpha value is -1.22. The number of hydrogen-bond acceptors (Lipinski definition) is 3. The quantitative estimate of drug-likeness (QED) is 0.916. The summed E-state index contributed by atoms with van der Waals surface area (Å²) in [6.07, 6.45) is 9.11. The molecule has 3 nitrogen and oxygen atoms in total. The SMILES string of the molecule is COc1ccc(C2(N)CC3(CCCCC3)C2)cc1OC. The molecule has 0 saturated heterocycles. The van der Waals surface area contributed by atoms with Crippen molar-refractivity contribution in [2.24, 2.45) is 11.1 Å². The lowest BCUT2D eigenvalue weighted by Gasteiger charge is -2.57. The van der Waals surface area contributed by atoms with E-state index in [9.17, 15) is 0 Å². The van der Waals surface area contributed by atoms with E-state index in [4.69, 9.17) is 15.2 Å². The van der Waals surface area contributed by atoms with Gasteiger partial charge in [-0.2, -0.15) is 0 Å². The normalized spacial score (nSPS) is 23.1. The molecule has 0 aliphatic heterocycles. The topological polar surface area (TPSA) is 44.5 Å². The highest BCUT2D eigenvalue weighted by Crippen LogP contribution is 2.59. The summed E-state index contributed by atoms with van der Waals surface area (Å²) < 4.78 is 10.7. The summed E-state index contributed by atoms with van der Waals surface area (Å²) in [5.74, 6) is 1.55. The predicted octanol–water partition coefficient (Wildman–Crippen LogP) is 3.60. The smallest absolute Gasteiger partial charge is 0.161 e. The van der Waals surface area contributed by atoms with Gasteiger partial charge in [0, 0.05) is 5.54 Å². The molecule has 0 heterocycles. The third-order valence-corrected chi connectivity index (χ3v) is 5.25. The van der Waals surface area contributed by atoms with Crippen molar-refractivity contribution in [3.63, 3.8) is 0 Å². The minimum Gasteiger partial charge on any atom is -0.493 e. The Labute approximate surface area is 121 Å². The van der Waals surface area contributed by atoms with Crippen molar-refractivity contribution in [2.45, 2.75) is 50.5 Å². The average Bonchev–Trinajstić information content (AvgIpc) is 2.46. The van der Waals surface area contributed by atoms with Crippen molar-refractivity contribution in [3.8, 4) is 11.5 Å². The van der Waals surface area contributed by atoms with Crippen LogP contribution in [0.3, 0.4) is 0 Å². The van der Waals surface area contributed by atoms with Crippen LogP contribution in [0, 0.1) is 5.41 Å². The lowest BCUT2D eigenvalue weighted by molar-refractivity contribution is -0.0100. The number of ether oxygens (including phenoxy) is 2. The van der Waals surface area contributed by atoms with Gasteiger partial charge in [-0.1, -0.05) is 25.3 Å². The summed E-state index contributed by atoms with van der Waals surface area (Å²) in [5, 5.41) is 0. The van der Waals surface area contributed by atoms with E-state index in [0.29, 0.717) is 5.41 Å². The maximum absolute atomic E-state index is 6.65. The molecule has 2 saturated carbocycles. The zero-order chi connectivity index (χ0) is 14.2. The van der Waals surface area contributed by atoms with Gasteiger partial charge in [0.1, 0.15) is 0 Å². The van der Waals surface area contributed by atoms with Crippen LogP contribution >= 0.6 is 0 Å². The van der Waals surface area contributed by atoms with Gasteiger partial charge in [-0.25, -0.2) is 0 Å². The summed E-state index contributed by atoms with van der Waals surface area (Å²) in [5.41, 5.74) is 8.19. The maximum atomic E-state index is 6.65. The molecule has 2 N–H and O–H groups in total. The zero-order valence-electron chi connectivity index (χ0n) is 12.6. The first-order chi connectivity index (χ1) is 9.61. The highest BCUT2D eigenvalue weighted by molar-refractivity contribution is 5.46. The zero-order valence-corrected chi connectivity index (χ0v) is 12.6. The Morgan fingerprint density at radius 1 is 0.950 bits per heavy atom. The van der Waals surface area contributed by atoms with Gasteiger partial charge in [0.15, 0.2) is 11.5 Å².